The van der Waals surface area contributed by atoms with Gasteiger partial charge in [0.1, 0.15) is 6.04 Å². The fourth-order valence-electron chi connectivity index (χ4n) is 2.76. The van der Waals surface area contributed by atoms with E-state index in [1.54, 1.807) is 4.90 Å². The van der Waals surface area contributed by atoms with Gasteiger partial charge in [0.15, 0.2) is 0 Å². The molecule has 0 spiro atoms. The Morgan fingerprint density at radius 3 is 2.65 bits per heavy atom. The van der Waals surface area contributed by atoms with E-state index in [-0.39, 0.29) is 11.8 Å². The summed E-state index contributed by atoms with van der Waals surface area (Å²) < 4.78 is 0. The molecular weight excluding hydrogens is 252 g/mol. The van der Waals surface area contributed by atoms with Crippen LogP contribution in [0.5, 0.6) is 0 Å². The van der Waals surface area contributed by atoms with E-state index in [9.17, 15) is 9.59 Å². The second kappa shape index (κ2) is 7.08. The highest BCUT2D eigenvalue weighted by Gasteiger charge is 2.29. The van der Waals surface area contributed by atoms with Crippen LogP contribution in [0, 0.1) is 0 Å². The number of likely N-dealkylation sites (tertiary alicyclic amines) is 1. The summed E-state index contributed by atoms with van der Waals surface area (Å²) in [7, 11) is 0. The van der Waals surface area contributed by atoms with Crippen LogP contribution in [0.25, 0.3) is 0 Å². The number of carbonyl (C=O) groups excluding carboxylic acids is 2. The largest absolute Gasteiger partial charge is 0.368 e. The number of carbonyl (C=O) groups is 2. The lowest BCUT2D eigenvalue weighted by molar-refractivity contribution is -0.141. The Bertz CT molecular complexity index is 459. The third-order valence-corrected chi connectivity index (χ3v) is 3.85. The first-order chi connectivity index (χ1) is 9.68. The van der Waals surface area contributed by atoms with Crippen LogP contribution in [0.15, 0.2) is 30.3 Å². The summed E-state index contributed by atoms with van der Waals surface area (Å²) in [5, 5.41) is 0. The summed E-state index contributed by atoms with van der Waals surface area (Å²) in [4.78, 5) is 25.3. The van der Waals surface area contributed by atoms with E-state index in [0.29, 0.717) is 19.4 Å². The summed E-state index contributed by atoms with van der Waals surface area (Å²) in [6.45, 7) is 0.664. The predicted octanol–water partition coefficient (Wildman–Crippen LogP) is 1.88. The van der Waals surface area contributed by atoms with Gasteiger partial charge in [-0.15, -0.1) is 0 Å². The maximum absolute atomic E-state index is 12.2. The minimum Gasteiger partial charge on any atom is -0.368 e. The molecule has 2 amide bonds. The first-order valence-corrected chi connectivity index (χ1v) is 7.31. The zero-order valence-corrected chi connectivity index (χ0v) is 11.8. The van der Waals surface area contributed by atoms with E-state index in [1.807, 2.05) is 18.2 Å². The van der Waals surface area contributed by atoms with Crippen molar-refractivity contribution in [2.24, 2.45) is 5.73 Å². The zero-order valence-electron chi connectivity index (χ0n) is 11.8. The van der Waals surface area contributed by atoms with Crippen molar-refractivity contribution in [1.29, 1.82) is 0 Å². The molecule has 1 fully saturated rings. The standard InChI is InChI=1S/C16H22N2O2/c17-16(20)14-10-4-5-12-18(14)15(19)11-6-9-13-7-2-1-3-8-13/h1-3,7-8,14H,4-6,9-12H2,(H2,17,20). The average Bonchev–Trinajstić information content (AvgIpc) is 2.48. The second-order valence-electron chi connectivity index (χ2n) is 5.34. The Morgan fingerprint density at radius 2 is 1.95 bits per heavy atom. The fourth-order valence-corrected chi connectivity index (χ4v) is 2.76. The monoisotopic (exact) mass is 274 g/mol. The summed E-state index contributed by atoms with van der Waals surface area (Å²) in [5.74, 6) is -0.314. The number of nitrogens with two attached hydrogens (primary N) is 1. The summed E-state index contributed by atoms with van der Waals surface area (Å²) in [6.07, 6.45) is 4.83. The third-order valence-electron chi connectivity index (χ3n) is 3.85. The number of hydrogen-bond acceptors (Lipinski definition) is 2. The van der Waals surface area contributed by atoms with Gasteiger partial charge in [0.2, 0.25) is 11.8 Å². The number of amides is 2. The molecule has 108 valence electrons. The van der Waals surface area contributed by atoms with Crippen molar-refractivity contribution in [3.8, 4) is 0 Å². The van der Waals surface area contributed by atoms with E-state index < -0.39 is 6.04 Å². The lowest BCUT2D eigenvalue weighted by Gasteiger charge is -2.33. The Labute approximate surface area is 119 Å². The van der Waals surface area contributed by atoms with E-state index in [1.165, 1.54) is 5.56 Å². The molecule has 0 radical (unpaired) electrons. The number of primary amides is 1. The number of piperidine rings is 1. The molecular formula is C16H22N2O2. The van der Waals surface area contributed by atoms with E-state index >= 15 is 0 Å². The molecule has 1 unspecified atom stereocenters. The summed E-state index contributed by atoms with van der Waals surface area (Å²) in [5.41, 5.74) is 6.62. The van der Waals surface area contributed by atoms with Crippen LogP contribution >= 0.6 is 0 Å². The molecule has 4 heteroatoms. The minimum absolute atomic E-state index is 0.0597. The van der Waals surface area contributed by atoms with E-state index in [2.05, 4.69) is 12.1 Å². The third kappa shape index (κ3) is 3.83. The number of rotatable bonds is 5. The molecule has 0 aliphatic carbocycles. The fraction of sp³-hybridized carbons (Fsp3) is 0.500. The highest BCUT2D eigenvalue weighted by molar-refractivity contribution is 5.86. The van der Waals surface area contributed by atoms with Crippen LogP contribution in [0.2, 0.25) is 0 Å². The quantitative estimate of drug-likeness (QED) is 0.891. The lowest BCUT2D eigenvalue weighted by atomic mass is 10.0. The molecule has 1 heterocycles. The lowest BCUT2D eigenvalue weighted by Crippen LogP contribution is -2.50. The van der Waals surface area contributed by atoms with Gasteiger partial charge in [-0.25, -0.2) is 0 Å². The Kier molecular flexibility index (Phi) is 5.16. The molecule has 0 bridgehead atoms. The molecule has 0 aromatic heterocycles. The number of hydrogen-bond donors (Lipinski definition) is 1. The average molecular weight is 274 g/mol. The normalized spacial score (nSPS) is 18.8. The van der Waals surface area contributed by atoms with Gasteiger partial charge in [0.25, 0.3) is 0 Å². The molecule has 4 nitrogen and oxygen atoms in total. The van der Waals surface area contributed by atoms with Crippen LogP contribution in [-0.2, 0) is 16.0 Å². The Balaban J connectivity index is 1.83. The maximum Gasteiger partial charge on any atom is 0.240 e. The topological polar surface area (TPSA) is 63.4 Å². The SMILES string of the molecule is NC(=O)C1CCCCN1C(=O)CCCc1ccccc1. The zero-order chi connectivity index (χ0) is 14.4. The van der Waals surface area contributed by atoms with Crippen molar-refractivity contribution in [3.05, 3.63) is 35.9 Å². The molecule has 2 rings (SSSR count). The molecule has 1 aliphatic heterocycles. The van der Waals surface area contributed by atoms with Gasteiger partial charge in [-0.1, -0.05) is 30.3 Å². The predicted molar refractivity (Wildman–Crippen MR) is 77.9 cm³/mol. The summed E-state index contributed by atoms with van der Waals surface area (Å²) in [6, 6.07) is 9.73. The van der Waals surface area contributed by atoms with Crippen LogP contribution in [0.1, 0.15) is 37.7 Å². The number of aryl methyl sites for hydroxylation is 1. The number of benzene rings is 1. The molecule has 1 atom stereocenters. The van der Waals surface area contributed by atoms with Crippen LogP contribution in [0.4, 0.5) is 0 Å². The maximum atomic E-state index is 12.2. The van der Waals surface area contributed by atoms with E-state index in [0.717, 1.165) is 25.7 Å². The molecule has 0 saturated carbocycles. The second-order valence-corrected chi connectivity index (χ2v) is 5.34. The van der Waals surface area contributed by atoms with Crippen LogP contribution in [-0.4, -0.2) is 29.3 Å². The van der Waals surface area contributed by atoms with Crippen molar-refractivity contribution in [2.75, 3.05) is 6.54 Å². The molecule has 1 aromatic carbocycles. The highest BCUT2D eigenvalue weighted by Crippen LogP contribution is 2.18. The van der Waals surface area contributed by atoms with Gasteiger partial charge in [0.05, 0.1) is 0 Å². The van der Waals surface area contributed by atoms with Crippen LogP contribution < -0.4 is 5.73 Å². The first-order valence-electron chi connectivity index (χ1n) is 7.31. The Morgan fingerprint density at radius 1 is 1.20 bits per heavy atom. The van der Waals surface area contributed by atoms with Crippen LogP contribution in [0.3, 0.4) is 0 Å². The molecule has 20 heavy (non-hydrogen) atoms. The molecule has 1 saturated heterocycles. The van der Waals surface area contributed by atoms with Gasteiger partial charge in [-0.05, 0) is 37.7 Å². The molecule has 1 aromatic rings. The van der Waals surface area contributed by atoms with Gasteiger partial charge in [-0.2, -0.15) is 0 Å². The number of nitrogens with zero attached hydrogens (tertiary/aromatic N) is 1. The van der Waals surface area contributed by atoms with Crippen molar-refractivity contribution < 1.29 is 9.59 Å². The summed E-state index contributed by atoms with van der Waals surface area (Å²) >= 11 is 0. The van der Waals surface area contributed by atoms with Gasteiger partial charge < -0.3 is 10.6 Å². The Hall–Kier alpha value is -1.84. The van der Waals surface area contributed by atoms with Gasteiger partial charge in [0, 0.05) is 13.0 Å². The minimum atomic E-state index is -0.395. The van der Waals surface area contributed by atoms with Crippen molar-refractivity contribution in [2.45, 2.75) is 44.6 Å². The smallest absolute Gasteiger partial charge is 0.240 e. The van der Waals surface area contributed by atoms with Crippen molar-refractivity contribution in [1.82, 2.24) is 4.90 Å². The van der Waals surface area contributed by atoms with Crippen molar-refractivity contribution in [3.63, 3.8) is 0 Å². The highest BCUT2D eigenvalue weighted by atomic mass is 16.2. The van der Waals surface area contributed by atoms with E-state index in [4.69, 9.17) is 5.73 Å². The van der Waals surface area contributed by atoms with Gasteiger partial charge >= 0.3 is 0 Å². The van der Waals surface area contributed by atoms with Crippen molar-refractivity contribution >= 4 is 11.8 Å². The van der Waals surface area contributed by atoms with Gasteiger partial charge in [-0.3, -0.25) is 9.59 Å². The molecule has 1 aliphatic rings. The first kappa shape index (κ1) is 14.6. The molecule has 2 N–H and O–H groups in total.